The molecule has 1 aromatic heterocycles. The molecule has 0 bridgehead atoms. The van der Waals surface area contributed by atoms with Crippen molar-refractivity contribution in [3.05, 3.63) is 35.7 Å². The van der Waals surface area contributed by atoms with Crippen molar-refractivity contribution in [3.63, 3.8) is 0 Å². The van der Waals surface area contributed by atoms with Gasteiger partial charge in [0.15, 0.2) is 11.6 Å². The number of carbonyl (C=O) groups is 11. The van der Waals surface area contributed by atoms with E-state index >= 15 is 0 Å². The van der Waals surface area contributed by atoms with E-state index in [-0.39, 0.29) is 60.0 Å². The Hall–Kier alpha value is -6.45. The molecule has 0 spiro atoms. The van der Waals surface area contributed by atoms with Gasteiger partial charge in [0.2, 0.25) is 23.6 Å². The molecule has 1 heterocycles. The third kappa shape index (κ3) is 22.6. The van der Waals surface area contributed by atoms with Gasteiger partial charge in [-0.15, -0.1) is 23.5 Å². The largest absolute Gasteiger partial charge is 0.480 e. The molecule has 356 valence electrons. The van der Waals surface area contributed by atoms with E-state index in [2.05, 4.69) is 47.9 Å². The fraction of sp³-hybridized carbons (Fsp3) is 0.500. The lowest BCUT2D eigenvalue weighted by molar-refractivity contribution is -0.140. The molecule has 2 unspecified atom stereocenters. The van der Waals surface area contributed by atoms with E-state index < -0.39 is 125 Å². The number of aliphatic imine (C=N–C) groups is 2. The number of nitrogens with two attached hydrogens (primary N) is 2. The number of carbonyl (C=O) groups excluding carboxylic acids is 7. The fourth-order valence-electron chi connectivity index (χ4n) is 4.96. The predicted molar refractivity (Wildman–Crippen MR) is 234 cm³/mol. The second-order valence-corrected chi connectivity index (χ2v) is 16.4. The number of ketones is 3. The van der Waals surface area contributed by atoms with E-state index in [1.165, 1.54) is 27.0 Å². The molecule has 4 amide bonds. The molecule has 1 aromatic rings. The van der Waals surface area contributed by atoms with Crippen molar-refractivity contribution in [2.24, 2.45) is 21.5 Å². The highest BCUT2D eigenvalue weighted by atomic mass is 32.2. The summed E-state index contributed by atoms with van der Waals surface area (Å²) >= 11 is 1.83. The van der Waals surface area contributed by atoms with Gasteiger partial charge in [0.05, 0.1) is 29.5 Å². The zero-order valence-corrected chi connectivity index (χ0v) is 37.1. The minimum atomic E-state index is -1.44. The summed E-state index contributed by atoms with van der Waals surface area (Å²) in [6, 6.07) is -5.66. The van der Waals surface area contributed by atoms with E-state index in [4.69, 9.17) is 31.9 Å². The molecule has 25 nitrogen and oxygen atoms in total. The van der Waals surface area contributed by atoms with Crippen LogP contribution in [-0.2, 0) is 47.9 Å². The Labute approximate surface area is 379 Å². The maximum atomic E-state index is 14.1. The number of Topliss-reactive ketones (excluding diaryl/α,β-unsaturated/α-hetero) is 3. The quantitative estimate of drug-likeness (QED) is 0.0217. The van der Waals surface area contributed by atoms with Crippen LogP contribution in [0.25, 0.3) is 0 Å². The summed E-state index contributed by atoms with van der Waals surface area (Å²) in [5, 5.41) is 43.7. The number of aromatic nitrogens is 2. The first kappa shape index (κ1) is 56.6. The number of rotatable bonds is 32. The summed E-state index contributed by atoms with van der Waals surface area (Å²) in [4.78, 5) is 151. The highest BCUT2D eigenvalue weighted by molar-refractivity contribution is 8.00. The van der Waals surface area contributed by atoms with Crippen molar-refractivity contribution >= 4 is 101 Å². The molecule has 0 radical (unpaired) electrons. The number of thioether (sulfide) groups is 2. The van der Waals surface area contributed by atoms with Gasteiger partial charge in [-0.3, -0.25) is 67.7 Å². The second kappa shape index (κ2) is 29.1. The topological polar surface area (TPSA) is 419 Å². The van der Waals surface area contributed by atoms with Crippen LogP contribution in [0.15, 0.2) is 34.3 Å². The number of nitrogens with zero attached hydrogens (tertiary/aromatic N) is 4. The van der Waals surface area contributed by atoms with E-state index in [1.54, 1.807) is 0 Å². The Kier molecular flexibility index (Phi) is 25.3. The van der Waals surface area contributed by atoms with Crippen LogP contribution in [0.5, 0.6) is 0 Å². The highest BCUT2D eigenvalue weighted by Crippen LogP contribution is 2.33. The molecule has 1 rings (SSSR count). The van der Waals surface area contributed by atoms with Gasteiger partial charge in [0.1, 0.15) is 54.4 Å². The molecule has 27 heteroatoms. The van der Waals surface area contributed by atoms with Crippen molar-refractivity contribution in [3.8, 4) is 0 Å². The Morgan fingerprint density at radius 1 is 0.738 bits per heavy atom. The van der Waals surface area contributed by atoms with Crippen molar-refractivity contribution in [1.29, 1.82) is 0 Å². The molecule has 12 N–H and O–H groups in total. The van der Waals surface area contributed by atoms with Crippen LogP contribution in [0.1, 0.15) is 80.7 Å². The first-order chi connectivity index (χ1) is 30.4. The monoisotopic (exact) mass is 952 g/mol. The average molecular weight is 953 g/mol. The Morgan fingerprint density at radius 2 is 1.23 bits per heavy atom. The van der Waals surface area contributed by atoms with E-state index in [1.807, 2.05) is 0 Å². The predicted octanol–water partition coefficient (Wildman–Crippen LogP) is -1.75. The molecule has 0 saturated heterocycles. The molecule has 0 aliphatic heterocycles. The molecular formula is C38H52N10O15S2. The van der Waals surface area contributed by atoms with Crippen LogP contribution < -0.4 is 32.7 Å². The van der Waals surface area contributed by atoms with E-state index in [9.17, 15) is 52.7 Å². The number of carboxylic acids is 4. The van der Waals surface area contributed by atoms with Crippen molar-refractivity contribution in [1.82, 2.24) is 31.2 Å². The first-order valence-corrected chi connectivity index (χ1v) is 21.4. The first-order valence-electron chi connectivity index (χ1n) is 19.3. The number of hydrogen-bond acceptors (Lipinski definition) is 19. The standard InChI is InChI=1S/C38H52N10O15S2/c1-18(42-11-24(41-4)19(2)49)29(64-16-27(35(58)45-14-33(54)55)47-31(52)7-5-22(39)37(60)61)9-21(51)10-30(26-13-43-25(12-44-26)20(3)50)65-17-28(36(59)46-15-34(56)57)48-32(53)8-6-23(40)38(62)63/h11-13,22-23,27-30H,4-10,14-17,39-40H2,1-3H3,(H,45,58)(H,46,59)(H,47,52)(H,48,53)(H,54,55)(H,56,57)(H,60,61)(H,62,63)/b24-11-,42-18+/t22-,23+,27-,28-,29?,30?/m0/s1. The van der Waals surface area contributed by atoms with Crippen LogP contribution in [-0.4, -0.2) is 162 Å². The molecule has 0 aliphatic carbocycles. The Morgan fingerprint density at radius 3 is 1.63 bits per heavy atom. The summed E-state index contributed by atoms with van der Waals surface area (Å²) in [7, 11) is 0. The third-order valence-corrected chi connectivity index (χ3v) is 11.4. The zero-order chi connectivity index (χ0) is 49.4. The lowest BCUT2D eigenvalue weighted by Crippen LogP contribution is -2.50. The molecule has 0 saturated carbocycles. The van der Waals surface area contributed by atoms with E-state index in [0.717, 1.165) is 35.9 Å². The number of carboxylic acid groups (broad SMARTS) is 4. The van der Waals surface area contributed by atoms with Gasteiger partial charge < -0.3 is 53.2 Å². The normalized spacial score (nSPS) is 14.2. The van der Waals surface area contributed by atoms with Gasteiger partial charge in [0.25, 0.3) is 0 Å². The van der Waals surface area contributed by atoms with Crippen molar-refractivity contribution < 1.29 is 73.2 Å². The lowest BCUT2D eigenvalue weighted by Gasteiger charge is -2.23. The van der Waals surface area contributed by atoms with Gasteiger partial charge >= 0.3 is 23.9 Å². The maximum Gasteiger partial charge on any atom is 0.322 e. The van der Waals surface area contributed by atoms with Gasteiger partial charge in [-0.1, -0.05) is 0 Å². The number of hydrogen-bond donors (Lipinski definition) is 10. The number of amides is 4. The van der Waals surface area contributed by atoms with Gasteiger partial charge in [-0.05, 0) is 26.5 Å². The molecule has 65 heavy (non-hydrogen) atoms. The summed E-state index contributed by atoms with van der Waals surface area (Å²) in [5.41, 5.74) is 11.2. The number of allylic oxidation sites excluding steroid dienone is 1. The maximum absolute atomic E-state index is 14.1. The van der Waals surface area contributed by atoms with Crippen LogP contribution in [0.4, 0.5) is 0 Å². The van der Waals surface area contributed by atoms with Crippen LogP contribution >= 0.6 is 23.5 Å². The Bertz CT molecular complexity index is 2020. The fourth-order valence-corrected chi connectivity index (χ4v) is 7.48. The van der Waals surface area contributed by atoms with Crippen LogP contribution in [0, 0.1) is 0 Å². The second-order valence-electron chi connectivity index (χ2n) is 13.9. The smallest absolute Gasteiger partial charge is 0.322 e. The molecule has 6 atom stereocenters. The summed E-state index contributed by atoms with van der Waals surface area (Å²) < 4.78 is 0. The summed E-state index contributed by atoms with van der Waals surface area (Å²) in [5.74, 6) is -11.1. The summed E-state index contributed by atoms with van der Waals surface area (Å²) in [6.07, 6.45) is 1.29. The van der Waals surface area contributed by atoms with Gasteiger partial charge in [0, 0.05) is 62.0 Å². The lowest BCUT2D eigenvalue weighted by atomic mass is 10.1. The molecule has 0 aliphatic rings. The van der Waals surface area contributed by atoms with Gasteiger partial charge in [-0.25, -0.2) is 4.98 Å². The number of nitrogens with one attached hydrogen (secondary N) is 4. The number of aliphatic carboxylic acids is 4. The molecule has 0 fully saturated rings. The minimum Gasteiger partial charge on any atom is -0.480 e. The van der Waals surface area contributed by atoms with Crippen molar-refractivity contribution in [2.75, 3.05) is 24.6 Å². The van der Waals surface area contributed by atoms with Crippen LogP contribution in [0.3, 0.4) is 0 Å². The van der Waals surface area contributed by atoms with Gasteiger partial charge in [-0.2, -0.15) is 0 Å². The van der Waals surface area contributed by atoms with E-state index in [0.29, 0.717) is 0 Å². The average Bonchev–Trinajstić information content (AvgIpc) is 3.24. The summed E-state index contributed by atoms with van der Waals surface area (Å²) in [6.45, 7) is 5.62. The van der Waals surface area contributed by atoms with Crippen molar-refractivity contribution in [2.45, 2.75) is 94.0 Å². The SMILES string of the molecule is C=N/C(=C\N=C(/C)C(CC(=O)CC(SC[C@H](NC(=O)CC[C@@H](N)C(=O)O)C(=O)NCC(=O)O)c1cnc(C(C)=O)cn1)SC[C@H](NC(=O)CC[C@H](N)C(=O)O)C(=O)NCC(=O)O)C(C)=O. The molecule has 0 aromatic carbocycles. The van der Waals surface area contributed by atoms with Crippen LogP contribution in [0.2, 0.25) is 0 Å². The minimum absolute atomic E-state index is 0.0179. The zero-order valence-electron chi connectivity index (χ0n) is 35.5. The third-order valence-electron chi connectivity index (χ3n) is 8.63. The highest BCUT2D eigenvalue weighted by Gasteiger charge is 2.30. The Balaban J connectivity index is 3.62. The molecular weight excluding hydrogens is 901 g/mol.